The Bertz CT molecular complexity index is 900. The fraction of sp³-hybridized carbons (Fsp3) is 0.176. The zero-order valence-electron chi connectivity index (χ0n) is 12.7. The summed E-state index contributed by atoms with van der Waals surface area (Å²) in [5.41, 5.74) is 4.74. The number of aliphatic carboxylic acids is 1. The second kappa shape index (κ2) is 5.18. The average Bonchev–Trinajstić information content (AvgIpc) is 2.94. The molecule has 0 amide bonds. The normalized spacial score (nSPS) is 11.6. The number of fused-ring (bicyclic) bond motifs is 1. The predicted molar refractivity (Wildman–Crippen MR) is 86.5 cm³/mol. The molecule has 0 fully saturated rings. The highest BCUT2D eigenvalue weighted by molar-refractivity contribution is 5.98. The van der Waals surface area contributed by atoms with Crippen LogP contribution in [-0.2, 0) is 18.9 Å². The summed E-state index contributed by atoms with van der Waals surface area (Å²) in [6, 6.07) is 8.14. The summed E-state index contributed by atoms with van der Waals surface area (Å²) in [6.07, 6.45) is 4.82. The van der Waals surface area contributed by atoms with E-state index in [1.165, 1.54) is 0 Å². The number of benzene rings is 1. The number of nitrogens with zero attached hydrogens (tertiary/aromatic N) is 3. The van der Waals surface area contributed by atoms with Gasteiger partial charge in [-0.1, -0.05) is 18.2 Å². The first-order valence-electron chi connectivity index (χ1n) is 6.98. The molecule has 5 heteroatoms. The average molecular weight is 295 g/mol. The van der Waals surface area contributed by atoms with Crippen LogP contribution in [0.1, 0.15) is 11.3 Å². The lowest BCUT2D eigenvalue weighted by atomic mass is 10.0. The number of aromatic nitrogens is 3. The van der Waals surface area contributed by atoms with Gasteiger partial charge in [0.25, 0.3) is 0 Å². The van der Waals surface area contributed by atoms with Gasteiger partial charge in [0.05, 0.1) is 11.4 Å². The van der Waals surface area contributed by atoms with Gasteiger partial charge in [0.2, 0.25) is 0 Å². The third-order valence-electron chi connectivity index (χ3n) is 3.81. The molecule has 0 atom stereocenters. The summed E-state index contributed by atoms with van der Waals surface area (Å²) in [5.74, 6) is -0.966. The lowest BCUT2D eigenvalue weighted by Crippen LogP contribution is -1.94. The standard InChI is InChI=1S/C17H17N3O2/c1-11-12(8-9-16(21)22)17(20(3)18-11)14-10-19(2)15-7-5-4-6-13(14)15/h4-10H,1-3H3,(H,21,22). The fourth-order valence-corrected chi connectivity index (χ4v) is 2.88. The van der Waals surface area contributed by atoms with Gasteiger partial charge in [0.15, 0.2) is 0 Å². The van der Waals surface area contributed by atoms with Gasteiger partial charge in [-0.3, -0.25) is 4.68 Å². The van der Waals surface area contributed by atoms with E-state index < -0.39 is 5.97 Å². The summed E-state index contributed by atoms with van der Waals surface area (Å²) in [5, 5.41) is 14.5. The summed E-state index contributed by atoms with van der Waals surface area (Å²) in [4.78, 5) is 10.8. The molecule has 0 aliphatic heterocycles. The number of carboxylic acids is 1. The maximum atomic E-state index is 10.8. The first-order chi connectivity index (χ1) is 10.5. The van der Waals surface area contributed by atoms with Gasteiger partial charge < -0.3 is 9.67 Å². The molecule has 22 heavy (non-hydrogen) atoms. The van der Waals surface area contributed by atoms with Crippen LogP contribution in [0.15, 0.2) is 36.5 Å². The quantitative estimate of drug-likeness (QED) is 0.756. The number of rotatable bonds is 3. The van der Waals surface area contributed by atoms with Crippen molar-refractivity contribution >= 4 is 22.9 Å². The molecular formula is C17H17N3O2. The lowest BCUT2D eigenvalue weighted by molar-refractivity contribution is -0.131. The Balaban J connectivity index is 2.29. The van der Waals surface area contributed by atoms with E-state index in [2.05, 4.69) is 28.0 Å². The van der Waals surface area contributed by atoms with Crippen LogP contribution in [0.4, 0.5) is 0 Å². The van der Waals surface area contributed by atoms with Crippen LogP contribution in [0.3, 0.4) is 0 Å². The summed E-state index contributed by atoms with van der Waals surface area (Å²) < 4.78 is 3.87. The van der Waals surface area contributed by atoms with Crippen molar-refractivity contribution < 1.29 is 9.90 Å². The number of carboxylic acid groups (broad SMARTS) is 1. The maximum Gasteiger partial charge on any atom is 0.328 e. The van der Waals surface area contributed by atoms with Crippen molar-refractivity contribution in [2.24, 2.45) is 14.1 Å². The summed E-state index contributed by atoms with van der Waals surface area (Å²) in [6.45, 7) is 1.89. The van der Waals surface area contributed by atoms with Crippen molar-refractivity contribution in [1.29, 1.82) is 0 Å². The molecule has 0 spiro atoms. The van der Waals surface area contributed by atoms with Gasteiger partial charge in [-0.15, -0.1) is 0 Å². The fourth-order valence-electron chi connectivity index (χ4n) is 2.88. The Kier molecular flexibility index (Phi) is 3.33. The molecule has 2 heterocycles. The van der Waals surface area contributed by atoms with E-state index in [0.717, 1.165) is 39.5 Å². The van der Waals surface area contributed by atoms with Crippen molar-refractivity contribution in [2.45, 2.75) is 6.92 Å². The Hall–Kier alpha value is -2.82. The number of para-hydroxylation sites is 1. The number of carbonyl (C=O) groups is 1. The summed E-state index contributed by atoms with van der Waals surface area (Å²) >= 11 is 0. The van der Waals surface area contributed by atoms with Crippen LogP contribution in [-0.4, -0.2) is 25.4 Å². The molecular weight excluding hydrogens is 278 g/mol. The van der Waals surface area contributed by atoms with Gasteiger partial charge in [0, 0.05) is 48.4 Å². The predicted octanol–water partition coefficient (Wildman–Crippen LogP) is 2.99. The van der Waals surface area contributed by atoms with E-state index >= 15 is 0 Å². The number of hydrogen-bond acceptors (Lipinski definition) is 2. The van der Waals surface area contributed by atoms with Crippen molar-refractivity contribution in [3.8, 4) is 11.3 Å². The zero-order valence-corrected chi connectivity index (χ0v) is 12.7. The smallest absolute Gasteiger partial charge is 0.328 e. The van der Waals surface area contributed by atoms with Gasteiger partial charge in [-0.25, -0.2) is 4.79 Å². The molecule has 1 N–H and O–H groups in total. The number of aryl methyl sites for hydroxylation is 3. The molecule has 0 unspecified atom stereocenters. The highest BCUT2D eigenvalue weighted by Gasteiger charge is 2.17. The Labute approximate surface area is 128 Å². The first-order valence-corrected chi connectivity index (χ1v) is 6.98. The molecule has 0 aliphatic rings. The molecule has 3 aromatic rings. The maximum absolute atomic E-state index is 10.8. The molecule has 0 aliphatic carbocycles. The Morgan fingerprint density at radius 1 is 1.27 bits per heavy atom. The third-order valence-corrected chi connectivity index (χ3v) is 3.81. The lowest BCUT2D eigenvalue weighted by Gasteiger charge is -2.02. The van der Waals surface area contributed by atoms with Crippen molar-refractivity contribution in [2.75, 3.05) is 0 Å². The molecule has 0 saturated carbocycles. The SMILES string of the molecule is Cc1nn(C)c(-c2cn(C)c3ccccc23)c1C=CC(=O)O. The Morgan fingerprint density at radius 2 is 2.00 bits per heavy atom. The van der Waals surface area contributed by atoms with Crippen LogP contribution < -0.4 is 0 Å². The highest BCUT2D eigenvalue weighted by Crippen LogP contribution is 2.33. The highest BCUT2D eigenvalue weighted by atomic mass is 16.4. The van der Waals surface area contributed by atoms with Gasteiger partial charge in [-0.2, -0.15) is 5.10 Å². The monoisotopic (exact) mass is 295 g/mol. The van der Waals surface area contributed by atoms with Crippen LogP contribution >= 0.6 is 0 Å². The topological polar surface area (TPSA) is 60.0 Å². The van der Waals surface area contributed by atoms with Crippen molar-refractivity contribution in [3.05, 3.63) is 47.8 Å². The molecule has 0 radical (unpaired) electrons. The minimum absolute atomic E-state index is 0.808. The van der Waals surface area contributed by atoms with Crippen molar-refractivity contribution in [1.82, 2.24) is 14.3 Å². The second-order valence-electron chi connectivity index (χ2n) is 5.31. The van der Waals surface area contributed by atoms with Crippen LogP contribution in [0, 0.1) is 6.92 Å². The van der Waals surface area contributed by atoms with E-state index in [1.54, 1.807) is 10.8 Å². The van der Waals surface area contributed by atoms with Crippen molar-refractivity contribution in [3.63, 3.8) is 0 Å². The second-order valence-corrected chi connectivity index (χ2v) is 5.31. The van der Waals surface area contributed by atoms with Gasteiger partial charge in [-0.05, 0) is 19.1 Å². The van der Waals surface area contributed by atoms with Crippen LogP contribution in [0.25, 0.3) is 28.2 Å². The van der Waals surface area contributed by atoms with Crippen LogP contribution in [0.5, 0.6) is 0 Å². The zero-order chi connectivity index (χ0) is 15.9. The largest absolute Gasteiger partial charge is 0.478 e. The third kappa shape index (κ3) is 2.20. The molecule has 0 bridgehead atoms. The van der Waals surface area contributed by atoms with Crippen LogP contribution in [0.2, 0.25) is 0 Å². The number of hydrogen-bond donors (Lipinski definition) is 1. The molecule has 5 nitrogen and oxygen atoms in total. The molecule has 2 aromatic heterocycles. The molecule has 112 valence electrons. The Morgan fingerprint density at radius 3 is 2.73 bits per heavy atom. The van der Waals surface area contributed by atoms with E-state index in [9.17, 15) is 4.79 Å². The van der Waals surface area contributed by atoms with Gasteiger partial charge >= 0.3 is 5.97 Å². The summed E-state index contributed by atoms with van der Waals surface area (Å²) in [7, 11) is 3.88. The van der Waals surface area contributed by atoms with E-state index in [4.69, 9.17) is 5.11 Å². The van der Waals surface area contributed by atoms with Gasteiger partial charge in [0.1, 0.15) is 0 Å². The first kappa shape index (κ1) is 14.1. The molecule has 1 aromatic carbocycles. The minimum Gasteiger partial charge on any atom is -0.478 e. The van der Waals surface area contributed by atoms with E-state index in [1.807, 2.05) is 33.2 Å². The minimum atomic E-state index is -0.966. The van der Waals surface area contributed by atoms with E-state index in [-0.39, 0.29) is 0 Å². The molecule has 0 saturated heterocycles. The molecule has 3 rings (SSSR count). The van der Waals surface area contributed by atoms with E-state index in [0.29, 0.717) is 0 Å².